The van der Waals surface area contributed by atoms with Gasteiger partial charge in [-0.05, 0) is 19.1 Å². The van der Waals surface area contributed by atoms with Crippen LogP contribution in [0.25, 0.3) is 0 Å². The molecule has 0 saturated carbocycles. The van der Waals surface area contributed by atoms with E-state index in [2.05, 4.69) is 9.88 Å². The van der Waals surface area contributed by atoms with E-state index < -0.39 is 0 Å². The average molecular weight is 280 g/mol. The van der Waals surface area contributed by atoms with Crippen molar-refractivity contribution in [3.05, 3.63) is 23.9 Å². The van der Waals surface area contributed by atoms with Crippen LogP contribution in [0.4, 0.5) is 5.82 Å². The predicted molar refractivity (Wildman–Crippen MR) is 81.5 cm³/mol. The van der Waals surface area contributed by atoms with Crippen LogP contribution in [-0.4, -0.2) is 48.0 Å². The number of thiocarbonyl (C=S) groups is 1. The summed E-state index contributed by atoms with van der Waals surface area (Å²) in [6, 6.07) is 3.63. The van der Waals surface area contributed by atoms with Crippen LogP contribution >= 0.6 is 12.2 Å². The lowest BCUT2D eigenvalue weighted by Crippen LogP contribution is -2.28. The van der Waals surface area contributed by atoms with Crippen molar-refractivity contribution in [3.63, 3.8) is 0 Å². The molecule has 1 aromatic heterocycles. The van der Waals surface area contributed by atoms with Crippen molar-refractivity contribution >= 4 is 28.9 Å². The van der Waals surface area contributed by atoms with E-state index in [9.17, 15) is 4.79 Å². The van der Waals surface area contributed by atoms with Crippen molar-refractivity contribution in [2.45, 2.75) is 13.3 Å². The zero-order valence-corrected chi connectivity index (χ0v) is 12.4. The van der Waals surface area contributed by atoms with Gasteiger partial charge in [-0.2, -0.15) is 0 Å². The summed E-state index contributed by atoms with van der Waals surface area (Å²) in [6.45, 7) is 3.59. The standard InChI is InChI=1S/C13H20N4OS/c1-4-17(8-7-11(14)19)12-6-5-10(9-15-12)13(18)16(2)3/h5-6,9H,4,7-8H2,1-3H3,(H2,14,19). The van der Waals surface area contributed by atoms with Crippen molar-refractivity contribution in [3.8, 4) is 0 Å². The highest BCUT2D eigenvalue weighted by atomic mass is 32.1. The van der Waals surface area contributed by atoms with Crippen molar-refractivity contribution in [2.75, 3.05) is 32.1 Å². The lowest BCUT2D eigenvalue weighted by molar-refractivity contribution is 0.0827. The fourth-order valence-corrected chi connectivity index (χ4v) is 1.73. The molecule has 0 unspecified atom stereocenters. The molecule has 19 heavy (non-hydrogen) atoms. The molecule has 0 radical (unpaired) electrons. The quantitative estimate of drug-likeness (QED) is 0.796. The maximum absolute atomic E-state index is 11.7. The molecule has 0 saturated heterocycles. The molecule has 1 rings (SSSR count). The van der Waals surface area contributed by atoms with Crippen LogP contribution in [0.2, 0.25) is 0 Å². The van der Waals surface area contributed by atoms with E-state index in [0.717, 1.165) is 18.9 Å². The molecule has 0 atom stereocenters. The Morgan fingerprint density at radius 2 is 2.11 bits per heavy atom. The van der Waals surface area contributed by atoms with Crippen molar-refractivity contribution in [1.29, 1.82) is 0 Å². The number of anilines is 1. The summed E-state index contributed by atoms with van der Waals surface area (Å²) in [6.07, 6.45) is 2.25. The number of rotatable bonds is 6. The number of nitrogens with zero attached hydrogens (tertiary/aromatic N) is 3. The van der Waals surface area contributed by atoms with Crippen LogP contribution in [-0.2, 0) is 0 Å². The molecule has 1 aromatic rings. The van der Waals surface area contributed by atoms with Crippen molar-refractivity contribution in [2.24, 2.45) is 5.73 Å². The second-order valence-corrected chi connectivity index (χ2v) is 4.93. The summed E-state index contributed by atoms with van der Waals surface area (Å²) in [7, 11) is 3.44. The molecule has 0 aromatic carbocycles. The van der Waals surface area contributed by atoms with E-state index in [4.69, 9.17) is 18.0 Å². The Balaban J connectivity index is 2.78. The summed E-state index contributed by atoms with van der Waals surface area (Å²) in [5, 5.41) is 0. The molecule has 104 valence electrons. The minimum Gasteiger partial charge on any atom is -0.393 e. The van der Waals surface area contributed by atoms with Crippen LogP contribution in [0.1, 0.15) is 23.7 Å². The first-order chi connectivity index (χ1) is 8.95. The van der Waals surface area contributed by atoms with E-state index in [1.807, 2.05) is 13.0 Å². The van der Waals surface area contributed by atoms with Gasteiger partial charge in [0.15, 0.2) is 0 Å². The second kappa shape index (κ2) is 7.04. The number of aromatic nitrogens is 1. The molecular formula is C13H20N4OS. The molecule has 0 spiro atoms. The SMILES string of the molecule is CCN(CCC(N)=S)c1ccc(C(=O)N(C)C)cn1. The summed E-state index contributed by atoms with van der Waals surface area (Å²) in [5.41, 5.74) is 6.09. The molecule has 0 aliphatic heterocycles. The highest BCUT2D eigenvalue weighted by Gasteiger charge is 2.10. The maximum Gasteiger partial charge on any atom is 0.254 e. The molecule has 1 heterocycles. The fraction of sp³-hybridized carbons (Fsp3) is 0.462. The van der Waals surface area contributed by atoms with Crippen LogP contribution < -0.4 is 10.6 Å². The Bertz CT molecular complexity index is 444. The molecule has 5 nitrogen and oxygen atoms in total. The Hall–Kier alpha value is -1.69. The topological polar surface area (TPSA) is 62.5 Å². The Kier molecular flexibility index (Phi) is 5.69. The van der Waals surface area contributed by atoms with Gasteiger partial charge >= 0.3 is 0 Å². The Labute approximate surface area is 119 Å². The van der Waals surface area contributed by atoms with Gasteiger partial charge in [-0.15, -0.1) is 0 Å². The third-order valence-corrected chi connectivity index (χ3v) is 2.94. The average Bonchev–Trinajstić information content (AvgIpc) is 2.39. The smallest absolute Gasteiger partial charge is 0.254 e. The summed E-state index contributed by atoms with van der Waals surface area (Å²) >= 11 is 4.88. The second-order valence-electron chi connectivity index (χ2n) is 4.40. The van der Waals surface area contributed by atoms with Gasteiger partial charge in [0, 0.05) is 39.8 Å². The molecule has 0 bridgehead atoms. The summed E-state index contributed by atoms with van der Waals surface area (Å²) < 4.78 is 0. The van der Waals surface area contributed by atoms with Gasteiger partial charge in [0.2, 0.25) is 0 Å². The third kappa shape index (κ3) is 4.48. The highest BCUT2D eigenvalue weighted by molar-refractivity contribution is 7.80. The first-order valence-corrected chi connectivity index (χ1v) is 6.57. The normalized spacial score (nSPS) is 10.1. The number of hydrogen-bond acceptors (Lipinski definition) is 4. The first kappa shape index (κ1) is 15.4. The molecule has 0 fully saturated rings. The summed E-state index contributed by atoms with van der Waals surface area (Å²) in [5.74, 6) is 0.777. The molecule has 6 heteroatoms. The predicted octanol–water partition coefficient (Wildman–Crippen LogP) is 1.29. The van der Waals surface area contributed by atoms with Crippen molar-refractivity contribution in [1.82, 2.24) is 9.88 Å². The minimum atomic E-state index is -0.0507. The van der Waals surface area contributed by atoms with E-state index in [1.54, 1.807) is 26.4 Å². The zero-order chi connectivity index (χ0) is 14.4. The van der Waals surface area contributed by atoms with Gasteiger partial charge in [0.1, 0.15) is 5.82 Å². The van der Waals surface area contributed by atoms with Gasteiger partial charge in [-0.1, -0.05) is 12.2 Å². The van der Waals surface area contributed by atoms with E-state index in [-0.39, 0.29) is 5.91 Å². The number of carbonyl (C=O) groups excluding carboxylic acids is 1. The Morgan fingerprint density at radius 1 is 1.42 bits per heavy atom. The van der Waals surface area contributed by atoms with Gasteiger partial charge < -0.3 is 15.5 Å². The number of pyridine rings is 1. The molecular weight excluding hydrogens is 260 g/mol. The lowest BCUT2D eigenvalue weighted by Gasteiger charge is -2.21. The van der Waals surface area contributed by atoms with Gasteiger partial charge in [0.05, 0.1) is 10.6 Å². The maximum atomic E-state index is 11.7. The van der Waals surface area contributed by atoms with Crippen LogP contribution in [0.15, 0.2) is 18.3 Å². The number of amides is 1. The van der Waals surface area contributed by atoms with Crippen LogP contribution in [0, 0.1) is 0 Å². The zero-order valence-electron chi connectivity index (χ0n) is 11.6. The van der Waals surface area contributed by atoms with Crippen LogP contribution in [0.3, 0.4) is 0 Å². The largest absolute Gasteiger partial charge is 0.393 e. The summed E-state index contributed by atoms with van der Waals surface area (Å²) in [4.78, 5) is 20.2. The lowest BCUT2D eigenvalue weighted by atomic mass is 10.2. The molecule has 1 amide bonds. The fourth-order valence-electron chi connectivity index (χ4n) is 1.64. The van der Waals surface area contributed by atoms with E-state index in [0.29, 0.717) is 17.0 Å². The van der Waals surface area contributed by atoms with Gasteiger partial charge in [-0.25, -0.2) is 4.98 Å². The van der Waals surface area contributed by atoms with E-state index >= 15 is 0 Å². The van der Waals surface area contributed by atoms with Crippen LogP contribution in [0.5, 0.6) is 0 Å². The molecule has 0 aliphatic carbocycles. The Morgan fingerprint density at radius 3 is 2.53 bits per heavy atom. The number of nitrogens with two attached hydrogens (primary N) is 1. The van der Waals surface area contributed by atoms with Gasteiger partial charge in [0.25, 0.3) is 5.91 Å². The first-order valence-electron chi connectivity index (χ1n) is 6.16. The third-order valence-electron chi connectivity index (χ3n) is 2.73. The molecule has 0 aliphatic rings. The molecule has 2 N–H and O–H groups in total. The van der Waals surface area contributed by atoms with Gasteiger partial charge in [-0.3, -0.25) is 4.79 Å². The minimum absolute atomic E-state index is 0.0507. The monoisotopic (exact) mass is 280 g/mol. The number of hydrogen-bond donors (Lipinski definition) is 1. The number of carbonyl (C=O) groups is 1. The highest BCUT2D eigenvalue weighted by Crippen LogP contribution is 2.12. The van der Waals surface area contributed by atoms with Crippen molar-refractivity contribution < 1.29 is 4.79 Å². The van der Waals surface area contributed by atoms with E-state index in [1.165, 1.54) is 4.90 Å².